The second-order valence-electron chi connectivity index (χ2n) is 2.90. The van der Waals surface area contributed by atoms with E-state index < -0.39 is 0 Å². The van der Waals surface area contributed by atoms with Crippen LogP contribution in [-0.4, -0.2) is 22.3 Å². The van der Waals surface area contributed by atoms with Crippen molar-refractivity contribution >= 4 is 5.95 Å². The summed E-state index contributed by atoms with van der Waals surface area (Å²) in [4.78, 5) is 4.08. The molecule has 0 amide bonds. The van der Waals surface area contributed by atoms with Gasteiger partial charge in [0.1, 0.15) is 5.75 Å². The predicted octanol–water partition coefficient (Wildman–Crippen LogP) is 1.13. The molecule has 15 heavy (non-hydrogen) atoms. The van der Waals surface area contributed by atoms with Crippen LogP contribution in [0.2, 0.25) is 0 Å². The van der Waals surface area contributed by atoms with Gasteiger partial charge in [-0.3, -0.25) is 0 Å². The number of nitrogen functional groups attached to an aromatic ring is 1. The Kier molecular flexibility index (Phi) is 2.45. The van der Waals surface area contributed by atoms with E-state index in [0.29, 0.717) is 5.69 Å². The number of nitrogens with zero attached hydrogens (tertiary/aromatic N) is 3. The van der Waals surface area contributed by atoms with E-state index >= 15 is 0 Å². The van der Waals surface area contributed by atoms with Gasteiger partial charge in [-0.2, -0.15) is 5.10 Å². The predicted molar refractivity (Wildman–Crippen MR) is 56.2 cm³/mol. The number of aromatic nitrogens is 3. The van der Waals surface area contributed by atoms with Gasteiger partial charge in [-0.05, 0) is 12.1 Å². The van der Waals surface area contributed by atoms with E-state index in [1.807, 2.05) is 24.3 Å². The molecule has 0 spiro atoms. The molecule has 1 heterocycles. The third-order valence-corrected chi connectivity index (χ3v) is 1.96. The monoisotopic (exact) mass is 202 g/mol. The SMILES string of the molecule is COc1ccccc1-c1cnnc(N)n1. The molecule has 2 rings (SSSR count). The van der Waals surface area contributed by atoms with Crippen molar-refractivity contribution in [3.8, 4) is 17.0 Å². The average molecular weight is 202 g/mol. The molecule has 5 nitrogen and oxygen atoms in total. The Morgan fingerprint density at radius 1 is 1.27 bits per heavy atom. The first-order valence-electron chi connectivity index (χ1n) is 4.40. The summed E-state index contributed by atoms with van der Waals surface area (Å²) in [5.41, 5.74) is 6.96. The second-order valence-corrected chi connectivity index (χ2v) is 2.90. The number of benzene rings is 1. The maximum Gasteiger partial charge on any atom is 0.240 e. The summed E-state index contributed by atoms with van der Waals surface area (Å²) < 4.78 is 5.21. The Bertz CT molecular complexity index is 472. The van der Waals surface area contributed by atoms with Gasteiger partial charge in [0.25, 0.3) is 0 Å². The topological polar surface area (TPSA) is 73.9 Å². The van der Waals surface area contributed by atoms with Crippen molar-refractivity contribution < 1.29 is 4.74 Å². The molecule has 0 aliphatic carbocycles. The number of ether oxygens (including phenoxy) is 1. The maximum absolute atomic E-state index is 5.46. The zero-order chi connectivity index (χ0) is 10.7. The third kappa shape index (κ3) is 1.85. The molecule has 0 aliphatic rings. The molecule has 1 aromatic heterocycles. The largest absolute Gasteiger partial charge is 0.496 e. The molecule has 2 N–H and O–H groups in total. The molecule has 0 atom stereocenters. The van der Waals surface area contributed by atoms with Crippen LogP contribution in [0.1, 0.15) is 0 Å². The summed E-state index contributed by atoms with van der Waals surface area (Å²) >= 11 is 0. The van der Waals surface area contributed by atoms with Crippen LogP contribution >= 0.6 is 0 Å². The molecule has 1 aromatic carbocycles. The van der Waals surface area contributed by atoms with E-state index in [-0.39, 0.29) is 5.95 Å². The lowest BCUT2D eigenvalue weighted by Gasteiger charge is -2.06. The zero-order valence-corrected chi connectivity index (χ0v) is 8.21. The first-order valence-corrected chi connectivity index (χ1v) is 4.40. The Balaban J connectivity index is 2.53. The normalized spacial score (nSPS) is 9.93. The van der Waals surface area contributed by atoms with Crippen molar-refractivity contribution in [3.63, 3.8) is 0 Å². The first-order chi connectivity index (χ1) is 7.31. The molecular formula is C10H10N4O. The Morgan fingerprint density at radius 2 is 2.07 bits per heavy atom. The van der Waals surface area contributed by atoms with E-state index in [9.17, 15) is 0 Å². The number of hydrogen-bond acceptors (Lipinski definition) is 5. The van der Waals surface area contributed by atoms with E-state index in [4.69, 9.17) is 10.5 Å². The van der Waals surface area contributed by atoms with Crippen LogP contribution in [0.15, 0.2) is 30.5 Å². The van der Waals surface area contributed by atoms with Crippen LogP contribution < -0.4 is 10.5 Å². The molecule has 0 saturated heterocycles. The van der Waals surface area contributed by atoms with Gasteiger partial charge in [0.05, 0.1) is 19.0 Å². The fourth-order valence-electron chi connectivity index (χ4n) is 1.30. The minimum atomic E-state index is 0.151. The molecule has 0 radical (unpaired) electrons. The van der Waals surface area contributed by atoms with Crippen molar-refractivity contribution in [1.29, 1.82) is 0 Å². The lowest BCUT2D eigenvalue weighted by molar-refractivity contribution is 0.416. The Morgan fingerprint density at radius 3 is 2.80 bits per heavy atom. The van der Waals surface area contributed by atoms with Crippen LogP contribution in [0.25, 0.3) is 11.3 Å². The van der Waals surface area contributed by atoms with Gasteiger partial charge >= 0.3 is 0 Å². The third-order valence-electron chi connectivity index (χ3n) is 1.96. The van der Waals surface area contributed by atoms with Crippen LogP contribution in [0.3, 0.4) is 0 Å². The van der Waals surface area contributed by atoms with Gasteiger partial charge in [-0.1, -0.05) is 12.1 Å². The molecule has 2 aromatic rings. The second kappa shape index (κ2) is 3.91. The van der Waals surface area contributed by atoms with E-state index in [2.05, 4.69) is 15.2 Å². The molecule has 0 fully saturated rings. The van der Waals surface area contributed by atoms with Crippen molar-refractivity contribution in [1.82, 2.24) is 15.2 Å². The quantitative estimate of drug-likeness (QED) is 0.790. The highest BCUT2D eigenvalue weighted by Gasteiger charge is 2.06. The molecule has 0 saturated carbocycles. The van der Waals surface area contributed by atoms with Gasteiger partial charge in [0.2, 0.25) is 5.95 Å². The maximum atomic E-state index is 5.46. The summed E-state index contributed by atoms with van der Waals surface area (Å²) in [5.74, 6) is 0.885. The highest BCUT2D eigenvalue weighted by molar-refractivity contribution is 5.66. The highest BCUT2D eigenvalue weighted by atomic mass is 16.5. The lowest BCUT2D eigenvalue weighted by Crippen LogP contribution is -1.98. The van der Waals surface area contributed by atoms with Crippen molar-refractivity contribution in [3.05, 3.63) is 30.5 Å². The average Bonchev–Trinajstić information content (AvgIpc) is 2.29. The van der Waals surface area contributed by atoms with Crippen molar-refractivity contribution in [2.24, 2.45) is 0 Å². The number of anilines is 1. The molecule has 76 valence electrons. The van der Waals surface area contributed by atoms with Gasteiger partial charge in [-0.25, -0.2) is 4.98 Å². The summed E-state index contributed by atoms with van der Waals surface area (Å²) in [5, 5.41) is 7.34. The Labute approximate surface area is 86.9 Å². The number of rotatable bonds is 2. The number of hydrogen-bond donors (Lipinski definition) is 1. The summed E-state index contributed by atoms with van der Waals surface area (Å²) in [6.45, 7) is 0. The zero-order valence-electron chi connectivity index (χ0n) is 8.21. The van der Waals surface area contributed by atoms with Crippen LogP contribution in [0, 0.1) is 0 Å². The molecule has 0 aliphatic heterocycles. The van der Waals surface area contributed by atoms with E-state index in [1.165, 1.54) is 0 Å². The smallest absolute Gasteiger partial charge is 0.240 e. The van der Waals surface area contributed by atoms with E-state index in [1.54, 1.807) is 13.3 Å². The molecular weight excluding hydrogens is 192 g/mol. The van der Waals surface area contributed by atoms with Crippen LogP contribution in [0.5, 0.6) is 5.75 Å². The minimum Gasteiger partial charge on any atom is -0.496 e. The fourth-order valence-corrected chi connectivity index (χ4v) is 1.30. The van der Waals surface area contributed by atoms with Crippen LogP contribution in [-0.2, 0) is 0 Å². The molecule has 0 unspecified atom stereocenters. The van der Waals surface area contributed by atoms with Crippen LogP contribution in [0.4, 0.5) is 5.95 Å². The van der Waals surface area contributed by atoms with Gasteiger partial charge in [0, 0.05) is 5.56 Å². The number of para-hydroxylation sites is 1. The van der Waals surface area contributed by atoms with Crippen molar-refractivity contribution in [2.45, 2.75) is 0 Å². The molecule has 5 heteroatoms. The highest BCUT2D eigenvalue weighted by Crippen LogP contribution is 2.27. The summed E-state index contributed by atoms with van der Waals surface area (Å²) in [7, 11) is 1.61. The van der Waals surface area contributed by atoms with E-state index in [0.717, 1.165) is 11.3 Å². The first kappa shape index (κ1) is 9.39. The summed E-state index contributed by atoms with van der Waals surface area (Å²) in [6, 6.07) is 7.53. The fraction of sp³-hybridized carbons (Fsp3) is 0.100. The minimum absolute atomic E-state index is 0.151. The van der Waals surface area contributed by atoms with Crippen molar-refractivity contribution in [2.75, 3.05) is 12.8 Å². The van der Waals surface area contributed by atoms with Gasteiger partial charge < -0.3 is 10.5 Å². The number of nitrogens with two attached hydrogens (primary N) is 1. The number of methoxy groups -OCH3 is 1. The lowest BCUT2D eigenvalue weighted by atomic mass is 10.1. The Hall–Kier alpha value is -2.17. The standard InChI is InChI=1S/C10H10N4O/c1-15-9-5-3-2-4-7(9)8-6-12-14-10(11)13-8/h2-6H,1H3,(H2,11,13,14). The molecule has 0 bridgehead atoms. The summed E-state index contributed by atoms with van der Waals surface area (Å²) in [6.07, 6.45) is 1.55. The van der Waals surface area contributed by atoms with Gasteiger partial charge in [0.15, 0.2) is 0 Å². The van der Waals surface area contributed by atoms with Gasteiger partial charge in [-0.15, -0.1) is 5.10 Å².